The van der Waals surface area contributed by atoms with Crippen LogP contribution in [-0.2, 0) is 9.53 Å². The molecule has 0 spiro atoms. The van der Waals surface area contributed by atoms with Gasteiger partial charge in [0.25, 0.3) is 0 Å². The highest BCUT2D eigenvalue weighted by molar-refractivity contribution is 9.09. The zero-order valence-corrected chi connectivity index (χ0v) is 13.8. The Morgan fingerprint density at radius 2 is 1.80 bits per heavy atom. The van der Waals surface area contributed by atoms with Gasteiger partial charge in [-0.05, 0) is 26.3 Å². The number of nitrogens with zero attached hydrogens (tertiary/aromatic N) is 1. The van der Waals surface area contributed by atoms with Crippen LogP contribution in [-0.4, -0.2) is 36.0 Å². The first-order valence-corrected chi connectivity index (χ1v) is 7.28. The van der Waals surface area contributed by atoms with Crippen molar-refractivity contribution in [2.24, 2.45) is 0 Å². The molecule has 0 radical (unpaired) electrons. The van der Waals surface area contributed by atoms with Crippen LogP contribution in [0.2, 0.25) is 0 Å². The predicted molar refractivity (Wildman–Crippen MR) is 82.0 cm³/mol. The third-order valence-corrected chi connectivity index (χ3v) is 3.51. The third-order valence-electron chi connectivity index (χ3n) is 2.47. The van der Waals surface area contributed by atoms with Gasteiger partial charge in [-0.15, -0.1) is 0 Å². The normalized spacial score (nSPS) is 12.7. The number of amides is 1. The van der Waals surface area contributed by atoms with Crippen molar-refractivity contribution in [2.75, 3.05) is 13.6 Å². The van der Waals surface area contributed by atoms with Crippen LogP contribution in [0.25, 0.3) is 0 Å². The van der Waals surface area contributed by atoms with Gasteiger partial charge in [-0.1, -0.05) is 46.3 Å². The van der Waals surface area contributed by atoms with E-state index in [4.69, 9.17) is 4.74 Å². The van der Waals surface area contributed by atoms with Crippen LogP contribution in [0.1, 0.15) is 31.2 Å². The predicted octanol–water partition coefficient (Wildman–Crippen LogP) is 3.56. The maximum absolute atomic E-state index is 12.1. The van der Waals surface area contributed by atoms with Crippen LogP contribution in [0, 0.1) is 0 Å². The first-order chi connectivity index (χ1) is 9.20. The summed E-state index contributed by atoms with van der Waals surface area (Å²) in [4.78, 5) is 24.8. The number of halogens is 1. The summed E-state index contributed by atoms with van der Waals surface area (Å²) in [6.07, 6.45) is -0.501. The molecule has 0 saturated heterocycles. The molecule has 0 aromatic heterocycles. The maximum atomic E-state index is 12.1. The summed E-state index contributed by atoms with van der Waals surface area (Å²) in [5.41, 5.74) is 0.303. The molecule has 0 fully saturated rings. The smallest absolute Gasteiger partial charge is 0.410 e. The quantitative estimate of drug-likeness (QED) is 0.786. The molecular weight excluding hydrogens is 322 g/mol. The van der Waals surface area contributed by atoms with Gasteiger partial charge in [0.2, 0.25) is 0 Å². The second kappa shape index (κ2) is 6.88. The lowest BCUT2D eigenvalue weighted by Gasteiger charge is -2.24. The Kier molecular flexibility index (Phi) is 5.74. The molecule has 0 aliphatic rings. The second-order valence-electron chi connectivity index (χ2n) is 5.58. The minimum absolute atomic E-state index is 0.000274. The Balaban J connectivity index is 2.60. The van der Waals surface area contributed by atoms with Gasteiger partial charge in [0.1, 0.15) is 5.60 Å². The van der Waals surface area contributed by atoms with Crippen LogP contribution < -0.4 is 0 Å². The van der Waals surface area contributed by atoms with E-state index >= 15 is 0 Å². The van der Waals surface area contributed by atoms with Crippen LogP contribution in [0.3, 0.4) is 0 Å². The number of hydrogen-bond donors (Lipinski definition) is 0. The van der Waals surface area contributed by atoms with E-state index in [9.17, 15) is 9.59 Å². The van der Waals surface area contributed by atoms with Crippen molar-refractivity contribution in [3.63, 3.8) is 0 Å². The third kappa shape index (κ3) is 5.33. The minimum Gasteiger partial charge on any atom is -0.444 e. The Morgan fingerprint density at radius 3 is 2.30 bits per heavy atom. The molecule has 1 unspecified atom stereocenters. The summed E-state index contributed by atoms with van der Waals surface area (Å²) in [5.74, 6) is -0.0930. The number of carbonyl (C=O) groups is 2. The van der Waals surface area contributed by atoms with E-state index in [2.05, 4.69) is 15.9 Å². The number of alkyl halides is 1. The van der Waals surface area contributed by atoms with E-state index < -0.39 is 16.5 Å². The fraction of sp³-hybridized carbons (Fsp3) is 0.467. The van der Waals surface area contributed by atoms with Gasteiger partial charge in [-0.25, -0.2) is 4.79 Å². The molecule has 0 aliphatic heterocycles. The topological polar surface area (TPSA) is 46.6 Å². The monoisotopic (exact) mass is 341 g/mol. The van der Waals surface area contributed by atoms with Crippen LogP contribution in [0.4, 0.5) is 4.79 Å². The molecule has 1 rings (SSSR count). The van der Waals surface area contributed by atoms with Crippen molar-refractivity contribution in [1.29, 1.82) is 0 Å². The summed E-state index contributed by atoms with van der Waals surface area (Å²) < 4.78 is 5.21. The summed E-state index contributed by atoms with van der Waals surface area (Å²) in [6.45, 7) is 5.37. The van der Waals surface area contributed by atoms with Gasteiger partial charge in [0.15, 0.2) is 5.78 Å². The van der Waals surface area contributed by atoms with E-state index in [1.54, 1.807) is 27.8 Å². The van der Waals surface area contributed by atoms with E-state index in [-0.39, 0.29) is 12.3 Å². The summed E-state index contributed by atoms with van der Waals surface area (Å²) in [6, 6.07) is 9.36. The molecule has 5 heteroatoms. The Morgan fingerprint density at radius 1 is 1.25 bits per heavy atom. The highest BCUT2D eigenvalue weighted by atomic mass is 79.9. The number of benzene rings is 1. The number of ether oxygens (including phenoxy) is 1. The average molecular weight is 342 g/mol. The molecule has 0 saturated carbocycles. The van der Waals surface area contributed by atoms with E-state index in [1.807, 2.05) is 30.3 Å². The highest BCUT2D eigenvalue weighted by Gasteiger charge is 2.24. The molecule has 1 amide bonds. The van der Waals surface area contributed by atoms with Gasteiger partial charge in [0.05, 0.1) is 11.4 Å². The largest absolute Gasteiger partial charge is 0.444 e. The fourth-order valence-electron chi connectivity index (χ4n) is 1.53. The standard InChI is InChI=1S/C15H20BrNO3/c1-15(2,3)20-14(19)17(4)10-12(18)13(16)11-8-6-5-7-9-11/h5-9,13H,10H2,1-4H3. The highest BCUT2D eigenvalue weighted by Crippen LogP contribution is 2.23. The zero-order valence-electron chi connectivity index (χ0n) is 12.2. The molecule has 0 heterocycles. The van der Waals surface area contributed by atoms with Crippen LogP contribution >= 0.6 is 15.9 Å². The molecule has 20 heavy (non-hydrogen) atoms. The van der Waals surface area contributed by atoms with E-state index in [1.165, 1.54) is 4.90 Å². The van der Waals surface area contributed by atoms with Gasteiger partial charge in [-0.2, -0.15) is 0 Å². The first kappa shape index (κ1) is 16.7. The van der Waals surface area contributed by atoms with E-state index in [0.29, 0.717) is 0 Å². The summed E-state index contributed by atoms with van der Waals surface area (Å²) >= 11 is 3.36. The van der Waals surface area contributed by atoms with Gasteiger partial charge in [-0.3, -0.25) is 4.79 Å². The van der Waals surface area contributed by atoms with Crippen LogP contribution in [0.5, 0.6) is 0 Å². The van der Waals surface area contributed by atoms with Crippen molar-refractivity contribution < 1.29 is 14.3 Å². The second-order valence-corrected chi connectivity index (χ2v) is 6.49. The molecule has 0 N–H and O–H groups in total. The Hall–Kier alpha value is -1.36. The molecular formula is C15H20BrNO3. The lowest BCUT2D eigenvalue weighted by Crippen LogP contribution is -2.37. The van der Waals surface area contributed by atoms with Crippen molar-refractivity contribution >= 4 is 27.8 Å². The molecule has 110 valence electrons. The number of carbonyl (C=O) groups excluding carboxylic acids is 2. The Bertz CT molecular complexity index is 468. The fourth-order valence-corrected chi connectivity index (χ4v) is 1.98. The maximum Gasteiger partial charge on any atom is 0.410 e. The lowest BCUT2D eigenvalue weighted by atomic mass is 10.1. The average Bonchev–Trinajstić information content (AvgIpc) is 2.36. The number of Topliss-reactive ketones (excluding diaryl/α,β-unsaturated/α-hetero) is 1. The molecule has 4 nitrogen and oxygen atoms in total. The number of likely N-dealkylation sites (N-methyl/N-ethyl adjacent to an activating group) is 1. The van der Waals surface area contributed by atoms with E-state index in [0.717, 1.165) is 5.56 Å². The first-order valence-electron chi connectivity index (χ1n) is 6.36. The van der Waals surface area contributed by atoms with Crippen molar-refractivity contribution in [1.82, 2.24) is 4.90 Å². The SMILES string of the molecule is CN(CC(=O)C(Br)c1ccccc1)C(=O)OC(C)(C)C. The molecule has 0 aliphatic carbocycles. The summed E-state index contributed by atoms with van der Waals surface area (Å²) in [5, 5.41) is 0. The molecule has 0 bridgehead atoms. The number of ketones is 1. The molecule has 1 aromatic carbocycles. The minimum atomic E-state index is -0.568. The van der Waals surface area contributed by atoms with Crippen molar-refractivity contribution in [3.8, 4) is 0 Å². The number of rotatable bonds is 4. The number of hydrogen-bond acceptors (Lipinski definition) is 3. The van der Waals surface area contributed by atoms with Crippen molar-refractivity contribution in [3.05, 3.63) is 35.9 Å². The van der Waals surface area contributed by atoms with Gasteiger partial charge >= 0.3 is 6.09 Å². The molecule has 1 aromatic rings. The summed E-state index contributed by atoms with van der Waals surface area (Å²) in [7, 11) is 1.55. The van der Waals surface area contributed by atoms with Crippen LogP contribution in [0.15, 0.2) is 30.3 Å². The van der Waals surface area contributed by atoms with Gasteiger partial charge < -0.3 is 9.64 Å². The molecule has 1 atom stereocenters. The van der Waals surface area contributed by atoms with Gasteiger partial charge in [0, 0.05) is 7.05 Å². The Labute approximate surface area is 128 Å². The lowest BCUT2D eigenvalue weighted by molar-refractivity contribution is -0.119. The van der Waals surface area contributed by atoms with Crippen molar-refractivity contribution in [2.45, 2.75) is 31.2 Å². The zero-order chi connectivity index (χ0) is 15.3.